The van der Waals surface area contributed by atoms with Gasteiger partial charge >= 0.3 is 0 Å². The second-order valence-corrected chi connectivity index (χ2v) is 6.49. The Hall–Kier alpha value is -0.940. The van der Waals surface area contributed by atoms with Gasteiger partial charge in [-0.1, -0.05) is 6.92 Å². The van der Waals surface area contributed by atoms with Crippen LogP contribution in [0.15, 0.2) is 6.33 Å². The highest BCUT2D eigenvalue weighted by molar-refractivity contribution is 5.01. The zero-order valence-corrected chi connectivity index (χ0v) is 13.2. The normalized spacial score (nSPS) is 18.4. The van der Waals surface area contributed by atoms with Gasteiger partial charge in [-0.2, -0.15) is 5.10 Å². The molecule has 0 aromatic carbocycles. The van der Waals surface area contributed by atoms with Gasteiger partial charge < -0.3 is 10.1 Å². The molecule has 1 fully saturated rings. The molecule has 1 aromatic heterocycles. The van der Waals surface area contributed by atoms with Crippen molar-refractivity contribution in [3.63, 3.8) is 0 Å². The van der Waals surface area contributed by atoms with Crippen LogP contribution in [-0.2, 0) is 11.2 Å². The van der Waals surface area contributed by atoms with E-state index in [9.17, 15) is 0 Å². The molecule has 1 N–H and O–H groups in total. The summed E-state index contributed by atoms with van der Waals surface area (Å²) in [7, 11) is 1.74. The van der Waals surface area contributed by atoms with Gasteiger partial charge in [-0.25, -0.2) is 9.67 Å². The largest absolute Gasteiger partial charge is 0.383 e. The molecular weight excluding hydrogens is 252 g/mol. The number of hydrogen-bond acceptors (Lipinski definition) is 4. The van der Waals surface area contributed by atoms with Crippen LogP contribution < -0.4 is 5.32 Å². The maximum atomic E-state index is 5.10. The van der Waals surface area contributed by atoms with E-state index < -0.39 is 0 Å². The molecular formula is C15H28N4O. The molecule has 0 aliphatic heterocycles. The quantitative estimate of drug-likeness (QED) is 0.703. The molecule has 1 atom stereocenters. The van der Waals surface area contributed by atoms with Crippen LogP contribution in [0, 0.1) is 11.3 Å². The molecule has 20 heavy (non-hydrogen) atoms. The van der Waals surface area contributed by atoms with Crippen LogP contribution in [0.3, 0.4) is 0 Å². The molecule has 2 rings (SSSR count). The molecule has 1 aromatic rings. The first-order valence-corrected chi connectivity index (χ1v) is 7.65. The van der Waals surface area contributed by atoms with Crippen molar-refractivity contribution in [2.75, 3.05) is 26.8 Å². The summed E-state index contributed by atoms with van der Waals surface area (Å²) in [6.45, 7) is 9.39. The van der Waals surface area contributed by atoms with E-state index in [1.807, 2.05) is 0 Å². The van der Waals surface area contributed by atoms with E-state index >= 15 is 0 Å². The van der Waals surface area contributed by atoms with E-state index in [0.29, 0.717) is 6.04 Å². The predicted molar refractivity (Wildman–Crippen MR) is 79.7 cm³/mol. The Morgan fingerprint density at radius 2 is 2.25 bits per heavy atom. The SMILES string of the molecule is COCCNCC(C)(Cc1ncnn1C(C)C)C1CC1. The zero-order valence-electron chi connectivity index (χ0n) is 13.2. The number of nitrogens with one attached hydrogen (secondary N) is 1. The lowest BCUT2D eigenvalue weighted by Gasteiger charge is -2.30. The van der Waals surface area contributed by atoms with Crippen LogP contribution in [0.5, 0.6) is 0 Å². The lowest BCUT2D eigenvalue weighted by atomic mass is 9.81. The molecule has 1 aliphatic rings. The highest BCUT2D eigenvalue weighted by atomic mass is 16.5. The Kier molecular flexibility index (Phi) is 5.16. The number of methoxy groups -OCH3 is 1. The van der Waals surface area contributed by atoms with Crippen LogP contribution in [0.4, 0.5) is 0 Å². The van der Waals surface area contributed by atoms with Crippen LogP contribution in [0.25, 0.3) is 0 Å². The van der Waals surface area contributed by atoms with Crippen LogP contribution in [0.1, 0.15) is 45.5 Å². The van der Waals surface area contributed by atoms with Crippen molar-refractivity contribution in [1.29, 1.82) is 0 Å². The summed E-state index contributed by atoms with van der Waals surface area (Å²) in [6, 6.07) is 0.373. The second-order valence-electron chi connectivity index (χ2n) is 6.49. The first kappa shape index (κ1) is 15.4. The van der Waals surface area contributed by atoms with Gasteiger partial charge in [-0.15, -0.1) is 0 Å². The molecule has 1 aliphatic carbocycles. The Labute approximate surface area is 122 Å². The van der Waals surface area contributed by atoms with Gasteiger partial charge in [0.05, 0.1) is 6.61 Å². The number of aromatic nitrogens is 3. The summed E-state index contributed by atoms with van der Waals surface area (Å²) in [4.78, 5) is 4.48. The molecule has 114 valence electrons. The minimum Gasteiger partial charge on any atom is -0.383 e. The molecule has 1 saturated carbocycles. The average Bonchev–Trinajstić information content (AvgIpc) is 3.16. The van der Waals surface area contributed by atoms with Crippen molar-refractivity contribution in [3.05, 3.63) is 12.2 Å². The molecule has 1 heterocycles. The third-order valence-corrected chi connectivity index (χ3v) is 4.27. The van der Waals surface area contributed by atoms with Crippen LogP contribution in [-0.4, -0.2) is 41.6 Å². The molecule has 0 bridgehead atoms. The maximum Gasteiger partial charge on any atom is 0.138 e. The van der Waals surface area contributed by atoms with E-state index in [2.05, 4.69) is 40.9 Å². The summed E-state index contributed by atoms with van der Waals surface area (Å²) in [5.74, 6) is 1.93. The van der Waals surface area contributed by atoms with Gasteiger partial charge in [0.1, 0.15) is 12.2 Å². The van der Waals surface area contributed by atoms with Gasteiger partial charge in [-0.05, 0) is 38.0 Å². The Morgan fingerprint density at radius 3 is 2.85 bits per heavy atom. The fraction of sp³-hybridized carbons (Fsp3) is 0.867. The summed E-state index contributed by atoms with van der Waals surface area (Å²) >= 11 is 0. The highest BCUT2D eigenvalue weighted by Crippen LogP contribution is 2.46. The van der Waals surface area contributed by atoms with Gasteiger partial charge in [0.25, 0.3) is 0 Å². The molecule has 0 saturated heterocycles. The van der Waals surface area contributed by atoms with Crippen molar-refractivity contribution < 1.29 is 4.74 Å². The van der Waals surface area contributed by atoms with Crippen molar-refractivity contribution in [1.82, 2.24) is 20.1 Å². The average molecular weight is 280 g/mol. The van der Waals surface area contributed by atoms with Crippen molar-refractivity contribution in [3.8, 4) is 0 Å². The topological polar surface area (TPSA) is 52.0 Å². The minimum atomic E-state index is 0.271. The Morgan fingerprint density at radius 1 is 1.50 bits per heavy atom. The Balaban J connectivity index is 1.99. The first-order valence-electron chi connectivity index (χ1n) is 7.65. The lowest BCUT2D eigenvalue weighted by Crippen LogP contribution is -2.37. The second kappa shape index (κ2) is 6.68. The van der Waals surface area contributed by atoms with Gasteiger partial charge in [0, 0.05) is 32.7 Å². The van der Waals surface area contributed by atoms with E-state index in [-0.39, 0.29) is 5.41 Å². The summed E-state index contributed by atoms with van der Waals surface area (Å²) < 4.78 is 7.15. The molecule has 0 amide bonds. The molecule has 5 heteroatoms. The summed E-state index contributed by atoms with van der Waals surface area (Å²) in [5.41, 5.74) is 0.271. The van der Waals surface area contributed by atoms with E-state index in [1.54, 1.807) is 13.4 Å². The number of nitrogens with zero attached hydrogens (tertiary/aromatic N) is 3. The van der Waals surface area contributed by atoms with E-state index in [1.165, 1.54) is 12.8 Å². The fourth-order valence-electron chi connectivity index (χ4n) is 2.87. The number of rotatable bonds is 9. The number of hydrogen-bond donors (Lipinski definition) is 1. The van der Waals surface area contributed by atoms with Crippen LogP contribution in [0.2, 0.25) is 0 Å². The lowest BCUT2D eigenvalue weighted by molar-refractivity contribution is 0.185. The van der Waals surface area contributed by atoms with Gasteiger partial charge in [0.15, 0.2) is 0 Å². The monoisotopic (exact) mass is 280 g/mol. The third kappa shape index (κ3) is 3.79. The molecule has 5 nitrogen and oxygen atoms in total. The fourth-order valence-corrected chi connectivity index (χ4v) is 2.87. The Bertz CT molecular complexity index is 414. The first-order chi connectivity index (χ1) is 9.57. The maximum absolute atomic E-state index is 5.10. The van der Waals surface area contributed by atoms with Crippen molar-refractivity contribution >= 4 is 0 Å². The molecule has 1 unspecified atom stereocenters. The van der Waals surface area contributed by atoms with E-state index in [0.717, 1.165) is 37.9 Å². The van der Waals surface area contributed by atoms with Gasteiger partial charge in [-0.3, -0.25) is 0 Å². The molecule has 0 spiro atoms. The van der Waals surface area contributed by atoms with Crippen molar-refractivity contribution in [2.24, 2.45) is 11.3 Å². The molecule has 0 radical (unpaired) electrons. The van der Waals surface area contributed by atoms with E-state index in [4.69, 9.17) is 4.74 Å². The minimum absolute atomic E-state index is 0.271. The van der Waals surface area contributed by atoms with Gasteiger partial charge in [0.2, 0.25) is 0 Å². The standard InChI is InChI=1S/C15H28N4O/c1-12(2)19-14(17-11-18-19)9-15(3,13-5-6-13)10-16-7-8-20-4/h11-13,16H,5-10H2,1-4H3. The highest BCUT2D eigenvalue weighted by Gasteiger charge is 2.42. The predicted octanol–water partition coefficient (Wildman–Crippen LogP) is 2.05. The zero-order chi connectivity index (χ0) is 14.6. The third-order valence-electron chi connectivity index (χ3n) is 4.27. The van der Waals surface area contributed by atoms with Crippen molar-refractivity contribution in [2.45, 2.75) is 46.1 Å². The summed E-state index contributed by atoms with van der Waals surface area (Å²) in [5, 5.41) is 7.88. The smallest absolute Gasteiger partial charge is 0.138 e. The number of ether oxygens (including phenoxy) is 1. The van der Waals surface area contributed by atoms with Crippen LogP contribution >= 0.6 is 0 Å². The summed E-state index contributed by atoms with van der Waals surface area (Å²) in [6.07, 6.45) is 5.37.